The number of carbonyl (C=O) groups is 2. The molecule has 4 aromatic rings. The van der Waals surface area contributed by atoms with E-state index >= 15 is 0 Å². The van der Waals surface area contributed by atoms with Crippen molar-refractivity contribution in [1.29, 1.82) is 0 Å². The van der Waals surface area contributed by atoms with Gasteiger partial charge in [-0.1, -0.05) is 0 Å². The van der Waals surface area contributed by atoms with Gasteiger partial charge in [-0.25, -0.2) is 9.37 Å². The zero-order valence-corrected chi connectivity index (χ0v) is 20.0. The van der Waals surface area contributed by atoms with E-state index in [2.05, 4.69) is 25.6 Å². The van der Waals surface area contributed by atoms with Crippen LogP contribution in [0.4, 0.5) is 14.5 Å². The van der Waals surface area contributed by atoms with Crippen molar-refractivity contribution in [3.8, 4) is 11.3 Å². The fraction of sp³-hybridized carbons (Fsp3) is 0.148. The lowest BCUT2D eigenvalue weighted by molar-refractivity contribution is -0.117. The number of pyridine rings is 3. The topological polar surface area (TPSA) is 117 Å². The molecule has 188 valence electrons. The van der Waals surface area contributed by atoms with Crippen molar-refractivity contribution in [3.05, 3.63) is 111 Å². The Kier molecular flexibility index (Phi) is 7.59. The average molecular weight is 504 g/mol. The van der Waals surface area contributed by atoms with Crippen molar-refractivity contribution in [2.45, 2.75) is 19.4 Å². The van der Waals surface area contributed by atoms with Gasteiger partial charge in [0, 0.05) is 53.0 Å². The number of likely N-dealkylation sites (N-methyl/N-ethyl adjacent to an activating group) is 1. The second-order valence-corrected chi connectivity index (χ2v) is 8.34. The molecule has 3 aromatic heterocycles. The van der Waals surface area contributed by atoms with Gasteiger partial charge in [-0.05, 0) is 68.1 Å². The highest BCUT2D eigenvalue weighted by molar-refractivity contribution is 6.08. The number of benzene rings is 1. The number of nitrogens with zero attached hydrogens (tertiary/aromatic N) is 2. The maximum absolute atomic E-state index is 14.9. The van der Waals surface area contributed by atoms with Gasteiger partial charge in [0.1, 0.15) is 11.5 Å². The minimum Gasteiger partial charge on any atom is -0.320 e. The zero-order valence-electron chi connectivity index (χ0n) is 20.0. The SMILES string of the molecule is CN[C@@H](C)C(=O)Nc1ccc(-c2ccnc(F)c2Cc2cncc(C(=O)c3ccc(F)cc3)c2)[nH]c1=O. The van der Waals surface area contributed by atoms with Crippen LogP contribution in [0.3, 0.4) is 0 Å². The van der Waals surface area contributed by atoms with Crippen LogP contribution in [0.15, 0.2) is 71.9 Å². The number of halogens is 2. The smallest absolute Gasteiger partial charge is 0.272 e. The van der Waals surface area contributed by atoms with Gasteiger partial charge in [0.05, 0.1) is 6.04 Å². The predicted octanol–water partition coefficient (Wildman–Crippen LogP) is 3.48. The summed E-state index contributed by atoms with van der Waals surface area (Å²) >= 11 is 0. The molecule has 0 saturated carbocycles. The van der Waals surface area contributed by atoms with Crippen LogP contribution in [-0.2, 0) is 11.2 Å². The zero-order chi connectivity index (χ0) is 26.5. The van der Waals surface area contributed by atoms with Crippen LogP contribution in [0, 0.1) is 11.8 Å². The van der Waals surface area contributed by atoms with Crippen molar-refractivity contribution in [2.75, 3.05) is 12.4 Å². The molecule has 0 unspecified atom stereocenters. The van der Waals surface area contributed by atoms with E-state index in [1.807, 2.05) is 0 Å². The number of anilines is 1. The van der Waals surface area contributed by atoms with Crippen molar-refractivity contribution in [3.63, 3.8) is 0 Å². The summed E-state index contributed by atoms with van der Waals surface area (Å²) in [5, 5.41) is 5.33. The van der Waals surface area contributed by atoms with Gasteiger partial charge in [0.25, 0.3) is 5.56 Å². The van der Waals surface area contributed by atoms with Gasteiger partial charge in [0.15, 0.2) is 5.78 Å². The molecule has 0 fully saturated rings. The van der Waals surface area contributed by atoms with Crippen LogP contribution in [-0.4, -0.2) is 39.7 Å². The molecule has 1 atom stereocenters. The first-order chi connectivity index (χ1) is 17.8. The summed E-state index contributed by atoms with van der Waals surface area (Å²) in [7, 11) is 1.63. The summed E-state index contributed by atoms with van der Waals surface area (Å²) in [4.78, 5) is 48.0. The molecule has 0 aliphatic carbocycles. The van der Waals surface area contributed by atoms with E-state index in [0.29, 0.717) is 22.4 Å². The van der Waals surface area contributed by atoms with E-state index in [9.17, 15) is 23.2 Å². The van der Waals surface area contributed by atoms with Gasteiger partial charge in [-0.3, -0.25) is 19.4 Å². The number of aromatic amines is 1. The molecule has 1 aromatic carbocycles. The van der Waals surface area contributed by atoms with Crippen molar-refractivity contribution in [2.24, 2.45) is 0 Å². The minimum absolute atomic E-state index is 0.0345. The van der Waals surface area contributed by atoms with E-state index in [4.69, 9.17) is 0 Å². The number of aromatic nitrogens is 3. The molecule has 0 aliphatic rings. The van der Waals surface area contributed by atoms with Crippen LogP contribution in [0.1, 0.15) is 34.0 Å². The number of H-pyrrole nitrogens is 1. The molecule has 0 aliphatic heterocycles. The normalized spacial score (nSPS) is 11.7. The Morgan fingerprint density at radius 3 is 2.49 bits per heavy atom. The lowest BCUT2D eigenvalue weighted by atomic mass is 9.97. The highest BCUT2D eigenvalue weighted by atomic mass is 19.1. The number of ketones is 1. The molecule has 0 spiro atoms. The predicted molar refractivity (Wildman–Crippen MR) is 134 cm³/mol. The van der Waals surface area contributed by atoms with Gasteiger partial charge < -0.3 is 15.6 Å². The maximum Gasteiger partial charge on any atom is 0.272 e. The second-order valence-electron chi connectivity index (χ2n) is 8.34. The summed E-state index contributed by atoms with van der Waals surface area (Å²) in [5.74, 6) is -1.92. The molecule has 37 heavy (non-hydrogen) atoms. The molecule has 8 nitrogen and oxygen atoms in total. The van der Waals surface area contributed by atoms with E-state index in [-0.39, 0.29) is 34.9 Å². The largest absolute Gasteiger partial charge is 0.320 e. The molecule has 3 N–H and O–H groups in total. The van der Waals surface area contributed by atoms with Crippen molar-refractivity contribution in [1.82, 2.24) is 20.3 Å². The van der Waals surface area contributed by atoms with Crippen LogP contribution >= 0.6 is 0 Å². The van der Waals surface area contributed by atoms with Crippen LogP contribution < -0.4 is 16.2 Å². The Hall–Kier alpha value is -4.57. The van der Waals surface area contributed by atoms with Crippen LogP contribution in [0.25, 0.3) is 11.3 Å². The number of nitrogens with one attached hydrogen (secondary N) is 3. The second kappa shape index (κ2) is 11.0. The first-order valence-electron chi connectivity index (χ1n) is 11.4. The third kappa shape index (κ3) is 5.81. The fourth-order valence-corrected chi connectivity index (χ4v) is 3.67. The van der Waals surface area contributed by atoms with E-state index < -0.39 is 23.4 Å². The average Bonchev–Trinajstić information content (AvgIpc) is 2.90. The summed E-state index contributed by atoms with van der Waals surface area (Å²) in [6, 6.07) is 10.8. The molecule has 0 saturated heterocycles. The summed E-state index contributed by atoms with van der Waals surface area (Å²) in [6.45, 7) is 1.65. The molecule has 10 heteroatoms. The van der Waals surface area contributed by atoms with Crippen molar-refractivity contribution < 1.29 is 18.4 Å². The first-order valence-corrected chi connectivity index (χ1v) is 11.4. The Morgan fingerprint density at radius 2 is 1.78 bits per heavy atom. The van der Waals surface area contributed by atoms with Gasteiger partial charge >= 0.3 is 0 Å². The molecular formula is C27H23F2N5O3. The molecule has 0 bridgehead atoms. The number of carbonyl (C=O) groups excluding carboxylic acids is 2. The summed E-state index contributed by atoms with van der Waals surface area (Å²) in [5.41, 5.74) is 1.50. The lowest BCUT2D eigenvalue weighted by Crippen LogP contribution is -2.36. The molecule has 0 radical (unpaired) electrons. The lowest BCUT2D eigenvalue weighted by Gasteiger charge is -2.13. The Labute approximate surface area is 210 Å². The number of hydrogen-bond acceptors (Lipinski definition) is 6. The summed E-state index contributed by atoms with van der Waals surface area (Å²) < 4.78 is 28.1. The van der Waals surface area contributed by atoms with Crippen LogP contribution in [0.2, 0.25) is 0 Å². The third-order valence-corrected chi connectivity index (χ3v) is 5.83. The quantitative estimate of drug-likeness (QED) is 0.250. The monoisotopic (exact) mass is 503 g/mol. The molecule has 1 amide bonds. The highest BCUT2D eigenvalue weighted by Gasteiger charge is 2.17. The fourth-order valence-electron chi connectivity index (χ4n) is 3.67. The Morgan fingerprint density at radius 1 is 1.03 bits per heavy atom. The summed E-state index contributed by atoms with van der Waals surface area (Å²) in [6.07, 6.45) is 4.20. The van der Waals surface area contributed by atoms with Gasteiger partial charge in [-0.2, -0.15) is 4.39 Å². The van der Waals surface area contributed by atoms with Gasteiger partial charge in [0.2, 0.25) is 11.9 Å². The highest BCUT2D eigenvalue weighted by Crippen LogP contribution is 2.26. The third-order valence-electron chi connectivity index (χ3n) is 5.83. The molecule has 3 heterocycles. The standard InChI is InChI=1S/C27H23F2N5O3/c1-15(30-2)26(36)34-23-8-7-22(33-27(23)37)20-9-10-32-25(29)21(20)12-16-11-18(14-31-13-16)24(35)17-3-5-19(28)6-4-17/h3-11,13-15,30H,12H2,1-2H3,(H,33,37)(H,34,36)/t15-/m0/s1. The van der Waals surface area contributed by atoms with Gasteiger partial charge in [-0.15, -0.1) is 0 Å². The van der Waals surface area contributed by atoms with E-state index in [0.717, 1.165) is 0 Å². The maximum atomic E-state index is 14.9. The van der Waals surface area contributed by atoms with E-state index in [1.165, 1.54) is 48.9 Å². The van der Waals surface area contributed by atoms with Crippen molar-refractivity contribution >= 4 is 17.4 Å². The Bertz CT molecular complexity index is 1520. The molecule has 4 rings (SSSR count). The first kappa shape index (κ1) is 25.5. The number of hydrogen-bond donors (Lipinski definition) is 3. The Balaban J connectivity index is 1.63. The minimum atomic E-state index is -0.742. The van der Waals surface area contributed by atoms with Crippen LogP contribution in [0.5, 0.6) is 0 Å². The van der Waals surface area contributed by atoms with E-state index in [1.54, 1.807) is 32.2 Å². The number of amides is 1. The molecular weight excluding hydrogens is 480 g/mol. The number of rotatable bonds is 8.